The topological polar surface area (TPSA) is 32.3 Å². The van der Waals surface area contributed by atoms with Gasteiger partial charge in [-0.25, -0.2) is 0 Å². The first-order valence-corrected chi connectivity index (χ1v) is 7.06. The molecule has 1 fully saturated rings. The third kappa shape index (κ3) is 4.45. The second-order valence-electron chi connectivity index (χ2n) is 4.36. The lowest BCUT2D eigenvalue weighted by Gasteiger charge is -2.05. The van der Waals surface area contributed by atoms with Gasteiger partial charge < -0.3 is 10.4 Å². The maximum absolute atomic E-state index is 9.29. The molecule has 0 atom stereocenters. The smallest absolute Gasteiger partial charge is 0.115 e. The summed E-state index contributed by atoms with van der Waals surface area (Å²) in [5, 5.41) is 12.7. The molecule has 0 aromatic heterocycles. The molecule has 1 aliphatic carbocycles. The van der Waals surface area contributed by atoms with Crippen molar-refractivity contribution in [3.63, 3.8) is 0 Å². The van der Waals surface area contributed by atoms with Crippen molar-refractivity contribution in [2.75, 3.05) is 18.1 Å². The fourth-order valence-corrected chi connectivity index (χ4v) is 2.70. The van der Waals surface area contributed by atoms with Crippen molar-refractivity contribution in [1.29, 1.82) is 0 Å². The lowest BCUT2D eigenvalue weighted by molar-refractivity contribution is 0.474. The highest BCUT2D eigenvalue weighted by Gasteiger charge is 2.20. The van der Waals surface area contributed by atoms with Gasteiger partial charge in [-0.05, 0) is 42.2 Å². The van der Waals surface area contributed by atoms with Gasteiger partial charge in [0.1, 0.15) is 5.75 Å². The van der Waals surface area contributed by atoms with Crippen LogP contribution in [-0.2, 0) is 6.54 Å². The SMILES string of the molecule is Oc1cccc(CNCCSCC2CC2)c1. The third-order valence-electron chi connectivity index (χ3n) is 2.71. The second-order valence-corrected chi connectivity index (χ2v) is 5.51. The van der Waals surface area contributed by atoms with Crippen LogP contribution in [-0.4, -0.2) is 23.2 Å². The first-order valence-electron chi connectivity index (χ1n) is 5.91. The number of benzene rings is 1. The van der Waals surface area contributed by atoms with E-state index in [0.29, 0.717) is 5.75 Å². The van der Waals surface area contributed by atoms with Crippen LogP contribution >= 0.6 is 11.8 Å². The average Bonchev–Trinajstić information content (AvgIpc) is 3.07. The van der Waals surface area contributed by atoms with Crippen molar-refractivity contribution in [2.45, 2.75) is 19.4 Å². The second kappa shape index (κ2) is 6.16. The molecule has 1 aromatic rings. The van der Waals surface area contributed by atoms with E-state index < -0.39 is 0 Å². The Morgan fingerprint density at radius 2 is 2.25 bits per heavy atom. The Morgan fingerprint density at radius 1 is 1.38 bits per heavy atom. The number of hydrogen-bond donors (Lipinski definition) is 2. The first kappa shape index (κ1) is 11.8. The van der Waals surface area contributed by atoms with Crippen molar-refractivity contribution in [3.05, 3.63) is 29.8 Å². The minimum absolute atomic E-state index is 0.349. The minimum atomic E-state index is 0.349. The molecule has 2 N–H and O–H groups in total. The molecule has 0 unspecified atom stereocenters. The van der Waals surface area contributed by atoms with E-state index in [1.54, 1.807) is 6.07 Å². The molecule has 0 amide bonds. The molecule has 0 saturated heterocycles. The molecular weight excluding hydrogens is 218 g/mol. The number of rotatable bonds is 7. The van der Waals surface area contributed by atoms with E-state index >= 15 is 0 Å². The summed E-state index contributed by atoms with van der Waals surface area (Å²) in [6, 6.07) is 7.43. The molecule has 0 radical (unpaired) electrons. The summed E-state index contributed by atoms with van der Waals surface area (Å²) in [5.41, 5.74) is 1.15. The van der Waals surface area contributed by atoms with Crippen LogP contribution in [0.3, 0.4) is 0 Å². The Kier molecular flexibility index (Phi) is 4.55. The van der Waals surface area contributed by atoms with Crippen molar-refractivity contribution >= 4 is 11.8 Å². The zero-order chi connectivity index (χ0) is 11.2. The van der Waals surface area contributed by atoms with Gasteiger partial charge in [0.2, 0.25) is 0 Å². The van der Waals surface area contributed by atoms with Gasteiger partial charge in [-0.3, -0.25) is 0 Å². The highest BCUT2D eigenvalue weighted by Crippen LogP contribution is 2.32. The van der Waals surface area contributed by atoms with Gasteiger partial charge in [-0.15, -0.1) is 0 Å². The molecule has 0 bridgehead atoms. The standard InChI is InChI=1S/C13H19NOS/c15-13-3-1-2-12(8-13)9-14-6-7-16-10-11-4-5-11/h1-3,8,11,14-15H,4-7,9-10H2. The van der Waals surface area contributed by atoms with Gasteiger partial charge >= 0.3 is 0 Å². The molecule has 0 spiro atoms. The molecule has 1 aromatic carbocycles. The van der Waals surface area contributed by atoms with Gasteiger partial charge in [-0.2, -0.15) is 11.8 Å². The predicted octanol–water partition coefficient (Wildman–Crippen LogP) is 2.63. The number of aromatic hydroxyl groups is 1. The maximum atomic E-state index is 9.29. The normalized spacial score (nSPS) is 15.2. The van der Waals surface area contributed by atoms with Gasteiger partial charge in [0, 0.05) is 18.8 Å². The van der Waals surface area contributed by atoms with Crippen molar-refractivity contribution < 1.29 is 5.11 Å². The Morgan fingerprint density at radius 3 is 3.00 bits per heavy atom. The molecule has 0 aliphatic heterocycles. The third-order valence-corrected chi connectivity index (χ3v) is 3.91. The van der Waals surface area contributed by atoms with E-state index in [1.165, 1.54) is 24.3 Å². The van der Waals surface area contributed by atoms with Crippen LogP contribution in [0.2, 0.25) is 0 Å². The molecule has 0 heterocycles. The van der Waals surface area contributed by atoms with Crippen LogP contribution in [0.1, 0.15) is 18.4 Å². The highest BCUT2D eigenvalue weighted by molar-refractivity contribution is 7.99. The molecule has 16 heavy (non-hydrogen) atoms. The summed E-state index contributed by atoms with van der Waals surface area (Å²) in [6.45, 7) is 1.89. The van der Waals surface area contributed by atoms with Crippen molar-refractivity contribution in [3.8, 4) is 5.75 Å². The van der Waals surface area contributed by atoms with Gasteiger partial charge in [0.25, 0.3) is 0 Å². The molecule has 88 valence electrons. The molecule has 2 nitrogen and oxygen atoms in total. The van der Waals surface area contributed by atoms with Crippen molar-refractivity contribution in [2.24, 2.45) is 5.92 Å². The Bertz CT molecular complexity index is 325. The minimum Gasteiger partial charge on any atom is -0.508 e. The first-order chi connectivity index (χ1) is 7.84. The summed E-state index contributed by atoms with van der Waals surface area (Å²) in [4.78, 5) is 0. The molecule has 1 saturated carbocycles. The summed E-state index contributed by atoms with van der Waals surface area (Å²) >= 11 is 2.05. The maximum Gasteiger partial charge on any atom is 0.115 e. The molecule has 2 rings (SSSR count). The molecule has 1 aliphatic rings. The van der Waals surface area contributed by atoms with Gasteiger partial charge in [0.15, 0.2) is 0 Å². The van der Waals surface area contributed by atoms with Crippen LogP contribution in [0, 0.1) is 5.92 Å². The average molecular weight is 237 g/mol. The summed E-state index contributed by atoms with van der Waals surface area (Å²) in [5.74, 6) is 3.90. The van der Waals surface area contributed by atoms with Crippen molar-refractivity contribution in [1.82, 2.24) is 5.32 Å². The monoisotopic (exact) mass is 237 g/mol. The Balaban J connectivity index is 1.53. The summed E-state index contributed by atoms with van der Waals surface area (Å²) < 4.78 is 0. The lowest BCUT2D eigenvalue weighted by Crippen LogP contribution is -2.16. The largest absolute Gasteiger partial charge is 0.508 e. The van der Waals surface area contributed by atoms with E-state index in [1.807, 2.05) is 18.2 Å². The van der Waals surface area contributed by atoms with Gasteiger partial charge in [-0.1, -0.05) is 12.1 Å². The molecular formula is C13H19NOS. The highest BCUT2D eigenvalue weighted by atomic mass is 32.2. The van der Waals surface area contributed by atoms with E-state index in [2.05, 4.69) is 17.1 Å². The van der Waals surface area contributed by atoms with Crippen LogP contribution in [0.4, 0.5) is 0 Å². The van der Waals surface area contributed by atoms with Crippen LogP contribution < -0.4 is 5.32 Å². The Hall–Kier alpha value is -0.670. The zero-order valence-electron chi connectivity index (χ0n) is 9.48. The van der Waals surface area contributed by atoms with E-state index in [4.69, 9.17) is 0 Å². The number of thioether (sulfide) groups is 1. The summed E-state index contributed by atoms with van der Waals surface area (Å²) in [6.07, 6.45) is 2.90. The fourth-order valence-electron chi connectivity index (χ4n) is 1.58. The number of nitrogens with one attached hydrogen (secondary N) is 1. The number of phenolic OH excluding ortho intramolecular Hbond substituents is 1. The number of hydrogen-bond acceptors (Lipinski definition) is 3. The van der Waals surface area contributed by atoms with Crippen LogP contribution in [0.25, 0.3) is 0 Å². The van der Waals surface area contributed by atoms with E-state index in [0.717, 1.165) is 24.6 Å². The predicted molar refractivity (Wildman–Crippen MR) is 69.9 cm³/mol. The van der Waals surface area contributed by atoms with E-state index in [9.17, 15) is 5.11 Å². The zero-order valence-corrected chi connectivity index (χ0v) is 10.3. The fraction of sp³-hybridized carbons (Fsp3) is 0.538. The quantitative estimate of drug-likeness (QED) is 0.715. The van der Waals surface area contributed by atoms with E-state index in [-0.39, 0.29) is 0 Å². The van der Waals surface area contributed by atoms with Gasteiger partial charge in [0.05, 0.1) is 0 Å². The number of phenols is 1. The lowest BCUT2D eigenvalue weighted by atomic mass is 10.2. The van der Waals surface area contributed by atoms with Crippen LogP contribution in [0.5, 0.6) is 5.75 Å². The molecule has 3 heteroatoms. The Labute approximate surface area is 101 Å². The summed E-state index contributed by atoms with van der Waals surface area (Å²) in [7, 11) is 0. The van der Waals surface area contributed by atoms with Crippen LogP contribution in [0.15, 0.2) is 24.3 Å².